The standard InChI is InChI=1S/C15H24N2O3/c1-2-3-4-14-9-13(17-20-14)7-12-10-16-6-5-11(12)8-15(18)19/h9,11-12,16H,2-8,10H2,1H3,(H,18,19)/t11-,12+/m0/s1. The minimum atomic E-state index is -0.703. The molecule has 0 radical (unpaired) electrons. The summed E-state index contributed by atoms with van der Waals surface area (Å²) in [7, 11) is 0. The number of hydrogen-bond donors (Lipinski definition) is 2. The molecule has 2 N–H and O–H groups in total. The third-order valence-corrected chi connectivity index (χ3v) is 4.06. The Hall–Kier alpha value is -1.36. The van der Waals surface area contributed by atoms with E-state index in [4.69, 9.17) is 9.63 Å². The van der Waals surface area contributed by atoms with Gasteiger partial charge in [0, 0.05) is 18.9 Å². The zero-order valence-electron chi connectivity index (χ0n) is 12.1. The summed E-state index contributed by atoms with van der Waals surface area (Å²) in [4.78, 5) is 10.9. The van der Waals surface area contributed by atoms with Crippen LogP contribution in [0.3, 0.4) is 0 Å². The molecule has 2 heterocycles. The zero-order chi connectivity index (χ0) is 14.4. The van der Waals surface area contributed by atoms with Crippen molar-refractivity contribution in [3.63, 3.8) is 0 Å². The molecule has 1 aliphatic rings. The molecule has 0 spiro atoms. The van der Waals surface area contributed by atoms with Gasteiger partial charge in [0.25, 0.3) is 0 Å². The molecule has 2 atom stereocenters. The molecule has 1 aromatic rings. The zero-order valence-corrected chi connectivity index (χ0v) is 12.1. The Kier molecular flexibility index (Phi) is 5.59. The SMILES string of the molecule is CCCCc1cc(C[C@@H]2CNCC[C@H]2CC(=O)O)no1. The van der Waals surface area contributed by atoms with Crippen molar-refractivity contribution in [1.82, 2.24) is 10.5 Å². The molecular weight excluding hydrogens is 256 g/mol. The Labute approximate surface area is 119 Å². The number of carboxylic acid groups (broad SMARTS) is 1. The molecule has 1 aliphatic heterocycles. The van der Waals surface area contributed by atoms with E-state index < -0.39 is 5.97 Å². The van der Waals surface area contributed by atoms with E-state index in [9.17, 15) is 4.79 Å². The molecule has 5 heteroatoms. The van der Waals surface area contributed by atoms with Crippen LogP contribution in [0.2, 0.25) is 0 Å². The van der Waals surface area contributed by atoms with Crippen molar-refractivity contribution in [1.29, 1.82) is 0 Å². The second kappa shape index (κ2) is 7.43. The summed E-state index contributed by atoms with van der Waals surface area (Å²) >= 11 is 0. The third kappa shape index (κ3) is 4.34. The van der Waals surface area contributed by atoms with Crippen LogP contribution in [0.15, 0.2) is 10.6 Å². The first-order valence-corrected chi connectivity index (χ1v) is 7.56. The Morgan fingerprint density at radius 2 is 2.40 bits per heavy atom. The summed E-state index contributed by atoms with van der Waals surface area (Å²) in [5.41, 5.74) is 0.959. The molecule has 20 heavy (non-hydrogen) atoms. The van der Waals surface area contributed by atoms with E-state index in [-0.39, 0.29) is 12.3 Å². The quantitative estimate of drug-likeness (QED) is 0.801. The van der Waals surface area contributed by atoms with Crippen LogP contribution in [-0.2, 0) is 17.6 Å². The van der Waals surface area contributed by atoms with Crippen LogP contribution in [0.25, 0.3) is 0 Å². The van der Waals surface area contributed by atoms with E-state index in [0.29, 0.717) is 5.92 Å². The molecule has 1 fully saturated rings. The van der Waals surface area contributed by atoms with Crippen LogP contribution >= 0.6 is 0 Å². The lowest BCUT2D eigenvalue weighted by molar-refractivity contribution is -0.138. The highest BCUT2D eigenvalue weighted by molar-refractivity contribution is 5.67. The van der Waals surface area contributed by atoms with Gasteiger partial charge in [-0.3, -0.25) is 4.79 Å². The van der Waals surface area contributed by atoms with Crippen molar-refractivity contribution in [3.8, 4) is 0 Å². The van der Waals surface area contributed by atoms with Crippen LogP contribution in [0.5, 0.6) is 0 Å². The molecule has 0 aliphatic carbocycles. The fourth-order valence-electron chi connectivity index (χ4n) is 2.90. The predicted octanol–water partition coefficient (Wildman–Crippen LogP) is 2.26. The number of carboxylic acids is 1. The molecule has 112 valence electrons. The maximum absolute atomic E-state index is 10.9. The first kappa shape index (κ1) is 15.0. The number of rotatable bonds is 7. The van der Waals surface area contributed by atoms with Gasteiger partial charge in [0.1, 0.15) is 5.76 Å². The number of aliphatic carboxylic acids is 1. The summed E-state index contributed by atoms with van der Waals surface area (Å²) in [5, 5.41) is 16.5. The fraction of sp³-hybridized carbons (Fsp3) is 0.733. The number of piperidine rings is 1. The Balaban J connectivity index is 1.92. The van der Waals surface area contributed by atoms with Crippen LogP contribution < -0.4 is 5.32 Å². The topological polar surface area (TPSA) is 75.4 Å². The monoisotopic (exact) mass is 280 g/mol. The van der Waals surface area contributed by atoms with Crippen molar-refractivity contribution < 1.29 is 14.4 Å². The van der Waals surface area contributed by atoms with Gasteiger partial charge >= 0.3 is 5.97 Å². The number of carbonyl (C=O) groups is 1. The summed E-state index contributed by atoms with van der Waals surface area (Å²) < 4.78 is 5.34. The largest absolute Gasteiger partial charge is 0.481 e. The number of aromatic nitrogens is 1. The summed E-state index contributed by atoms with van der Waals surface area (Å²) in [6.45, 7) is 3.94. The van der Waals surface area contributed by atoms with Crippen molar-refractivity contribution in [3.05, 3.63) is 17.5 Å². The summed E-state index contributed by atoms with van der Waals surface area (Å²) in [5.74, 6) is 0.819. The van der Waals surface area contributed by atoms with Gasteiger partial charge in [0.05, 0.1) is 5.69 Å². The number of unbranched alkanes of at least 4 members (excludes halogenated alkanes) is 1. The molecule has 1 saturated heterocycles. The van der Waals surface area contributed by atoms with E-state index in [2.05, 4.69) is 17.4 Å². The normalized spacial score (nSPS) is 22.9. The highest BCUT2D eigenvalue weighted by atomic mass is 16.5. The summed E-state index contributed by atoms with van der Waals surface area (Å²) in [6.07, 6.45) is 5.18. The second-order valence-electron chi connectivity index (χ2n) is 5.70. The molecule has 0 aromatic carbocycles. The predicted molar refractivity (Wildman–Crippen MR) is 75.5 cm³/mol. The Bertz CT molecular complexity index is 431. The van der Waals surface area contributed by atoms with E-state index >= 15 is 0 Å². The maximum atomic E-state index is 10.9. The van der Waals surface area contributed by atoms with Gasteiger partial charge in [-0.25, -0.2) is 0 Å². The first-order valence-electron chi connectivity index (χ1n) is 7.56. The van der Waals surface area contributed by atoms with Crippen LogP contribution in [-0.4, -0.2) is 29.3 Å². The Morgan fingerprint density at radius 1 is 1.55 bits per heavy atom. The molecule has 0 amide bonds. The van der Waals surface area contributed by atoms with Gasteiger partial charge < -0.3 is 14.9 Å². The molecular formula is C15H24N2O3. The van der Waals surface area contributed by atoms with Gasteiger partial charge in [0.15, 0.2) is 0 Å². The number of nitrogens with one attached hydrogen (secondary N) is 1. The minimum absolute atomic E-state index is 0.240. The first-order chi connectivity index (χ1) is 9.69. The second-order valence-corrected chi connectivity index (χ2v) is 5.70. The average molecular weight is 280 g/mol. The molecule has 1 aromatic heterocycles. The molecule has 0 bridgehead atoms. The van der Waals surface area contributed by atoms with Crippen molar-refractivity contribution >= 4 is 5.97 Å². The highest BCUT2D eigenvalue weighted by Gasteiger charge is 2.27. The van der Waals surface area contributed by atoms with Crippen LogP contribution in [0.4, 0.5) is 0 Å². The highest BCUT2D eigenvalue weighted by Crippen LogP contribution is 2.26. The van der Waals surface area contributed by atoms with Gasteiger partial charge in [-0.1, -0.05) is 18.5 Å². The minimum Gasteiger partial charge on any atom is -0.481 e. The maximum Gasteiger partial charge on any atom is 0.303 e. The van der Waals surface area contributed by atoms with Crippen LogP contribution in [0, 0.1) is 11.8 Å². The van der Waals surface area contributed by atoms with Crippen LogP contribution in [0.1, 0.15) is 44.1 Å². The van der Waals surface area contributed by atoms with Gasteiger partial charge in [0.2, 0.25) is 0 Å². The number of aryl methyl sites for hydroxylation is 1. The van der Waals surface area contributed by atoms with Crippen molar-refractivity contribution in [2.45, 2.75) is 45.4 Å². The Morgan fingerprint density at radius 3 is 3.15 bits per heavy atom. The fourth-order valence-corrected chi connectivity index (χ4v) is 2.90. The van der Waals surface area contributed by atoms with Gasteiger partial charge in [-0.15, -0.1) is 0 Å². The van der Waals surface area contributed by atoms with Crippen molar-refractivity contribution in [2.75, 3.05) is 13.1 Å². The van der Waals surface area contributed by atoms with E-state index in [1.165, 1.54) is 0 Å². The van der Waals surface area contributed by atoms with Gasteiger partial charge in [-0.2, -0.15) is 0 Å². The number of hydrogen-bond acceptors (Lipinski definition) is 4. The smallest absolute Gasteiger partial charge is 0.303 e. The lowest BCUT2D eigenvalue weighted by atomic mass is 9.81. The number of nitrogens with zero attached hydrogens (tertiary/aromatic N) is 1. The molecule has 2 rings (SSSR count). The lowest BCUT2D eigenvalue weighted by Crippen LogP contribution is -2.38. The van der Waals surface area contributed by atoms with E-state index in [1.807, 2.05) is 6.07 Å². The lowest BCUT2D eigenvalue weighted by Gasteiger charge is -2.30. The average Bonchev–Trinajstić information content (AvgIpc) is 2.86. The third-order valence-electron chi connectivity index (χ3n) is 4.06. The van der Waals surface area contributed by atoms with Gasteiger partial charge in [-0.05, 0) is 44.2 Å². The summed E-state index contributed by atoms with van der Waals surface area (Å²) in [6, 6.07) is 2.03. The van der Waals surface area contributed by atoms with Crippen molar-refractivity contribution in [2.24, 2.45) is 11.8 Å². The van der Waals surface area contributed by atoms with E-state index in [0.717, 1.165) is 56.6 Å². The molecule has 0 saturated carbocycles. The molecule has 0 unspecified atom stereocenters. The van der Waals surface area contributed by atoms with E-state index in [1.54, 1.807) is 0 Å². The molecule has 5 nitrogen and oxygen atoms in total.